The van der Waals surface area contributed by atoms with Gasteiger partial charge >= 0.3 is 0 Å². The molecule has 0 bridgehead atoms. The summed E-state index contributed by atoms with van der Waals surface area (Å²) in [4.78, 5) is 4.18. The maximum atomic E-state index is 5.78. The van der Waals surface area contributed by atoms with Gasteiger partial charge in [-0.05, 0) is 13.8 Å². The van der Waals surface area contributed by atoms with Crippen LogP contribution >= 0.6 is 0 Å². The van der Waals surface area contributed by atoms with Crippen molar-refractivity contribution in [2.24, 2.45) is 7.05 Å². The van der Waals surface area contributed by atoms with Gasteiger partial charge in [-0.3, -0.25) is 4.68 Å². The Balaban J connectivity index is 2.59. The highest BCUT2D eigenvalue weighted by molar-refractivity contribution is 5.51. The average Bonchev–Trinajstić information content (AvgIpc) is 2.55. The molecule has 6 heteroatoms. The molecule has 0 aliphatic carbocycles. The van der Waals surface area contributed by atoms with Crippen molar-refractivity contribution in [2.75, 3.05) is 5.73 Å². The number of rotatable bonds is 1. The van der Waals surface area contributed by atoms with E-state index in [0.29, 0.717) is 17.3 Å². The molecule has 2 N–H and O–H groups in total. The first-order valence-corrected chi connectivity index (χ1v) is 4.27. The maximum Gasteiger partial charge on any atom is 0.200 e. The highest BCUT2D eigenvalue weighted by Crippen LogP contribution is 2.14. The van der Waals surface area contributed by atoms with Crippen molar-refractivity contribution in [1.29, 1.82) is 0 Å². The van der Waals surface area contributed by atoms with Crippen LogP contribution in [0.3, 0.4) is 0 Å². The standard InChI is InChI=1S/C8H12N6/c1-5-10-6(2)14(11-5)8-7(9)4-13(3)12-8/h4H,9H2,1-3H3. The third-order valence-electron chi connectivity index (χ3n) is 1.91. The predicted molar refractivity (Wildman–Crippen MR) is 52.0 cm³/mol. The Bertz CT molecular complexity index is 422. The van der Waals surface area contributed by atoms with E-state index in [1.807, 2.05) is 20.9 Å². The lowest BCUT2D eigenvalue weighted by atomic mass is 10.5. The molecule has 14 heavy (non-hydrogen) atoms. The van der Waals surface area contributed by atoms with Crippen LogP contribution < -0.4 is 5.73 Å². The summed E-state index contributed by atoms with van der Waals surface area (Å²) in [6, 6.07) is 0. The number of nitrogens with zero attached hydrogens (tertiary/aromatic N) is 5. The molecule has 0 atom stereocenters. The first-order valence-electron chi connectivity index (χ1n) is 4.27. The van der Waals surface area contributed by atoms with E-state index in [1.54, 1.807) is 15.6 Å². The van der Waals surface area contributed by atoms with E-state index >= 15 is 0 Å². The van der Waals surface area contributed by atoms with Gasteiger partial charge in [0.15, 0.2) is 5.82 Å². The number of nitrogen functional groups attached to an aromatic ring is 1. The highest BCUT2D eigenvalue weighted by atomic mass is 15.4. The smallest absolute Gasteiger partial charge is 0.200 e. The summed E-state index contributed by atoms with van der Waals surface area (Å²) >= 11 is 0. The molecule has 2 aromatic heterocycles. The molecule has 0 aromatic carbocycles. The predicted octanol–water partition coefficient (Wildman–Crippen LogP) is 0.200. The minimum atomic E-state index is 0.598. The minimum absolute atomic E-state index is 0.598. The van der Waals surface area contributed by atoms with Gasteiger partial charge in [0, 0.05) is 13.2 Å². The Hall–Kier alpha value is -1.85. The highest BCUT2D eigenvalue weighted by Gasteiger charge is 2.11. The molecule has 0 spiro atoms. The van der Waals surface area contributed by atoms with Gasteiger partial charge in [0.25, 0.3) is 0 Å². The first kappa shape index (κ1) is 8.74. The lowest BCUT2D eigenvalue weighted by Gasteiger charge is -1.97. The van der Waals surface area contributed by atoms with Crippen molar-refractivity contribution in [3.05, 3.63) is 17.8 Å². The summed E-state index contributed by atoms with van der Waals surface area (Å²) < 4.78 is 3.30. The van der Waals surface area contributed by atoms with E-state index in [4.69, 9.17) is 5.73 Å². The van der Waals surface area contributed by atoms with Gasteiger partial charge in [-0.1, -0.05) is 0 Å². The number of anilines is 1. The lowest BCUT2D eigenvalue weighted by Crippen LogP contribution is -2.03. The fourth-order valence-corrected chi connectivity index (χ4v) is 1.38. The summed E-state index contributed by atoms with van der Waals surface area (Å²) in [6.07, 6.45) is 1.74. The van der Waals surface area contributed by atoms with Crippen LogP contribution in [0.1, 0.15) is 11.6 Å². The maximum absolute atomic E-state index is 5.78. The third kappa shape index (κ3) is 1.24. The molecule has 0 radical (unpaired) electrons. The first-order chi connectivity index (χ1) is 6.58. The molecule has 2 rings (SSSR count). The van der Waals surface area contributed by atoms with Gasteiger partial charge in [0.1, 0.15) is 11.6 Å². The molecule has 0 aliphatic heterocycles. The lowest BCUT2D eigenvalue weighted by molar-refractivity contribution is 0.720. The van der Waals surface area contributed by atoms with Gasteiger partial charge in [-0.25, -0.2) is 4.98 Å². The van der Waals surface area contributed by atoms with Gasteiger partial charge < -0.3 is 5.73 Å². The van der Waals surface area contributed by atoms with Crippen LogP contribution in [0.15, 0.2) is 6.20 Å². The van der Waals surface area contributed by atoms with Crippen molar-refractivity contribution in [1.82, 2.24) is 24.5 Å². The summed E-state index contributed by atoms with van der Waals surface area (Å²) in [7, 11) is 1.82. The van der Waals surface area contributed by atoms with Gasteiger partial charge in [0.2, 0.25) is 0 Å². The van der Waals surface area contributed by atoms with Crippen LogP contribution in [-0.4, -0.2) is 24.5 Å². The molecule has 74 valence electrons. The number of nitrogens with two attached hydrogens (primary N) is 1. The number of aryl methyl sites for hydroxylation is 3. The molecular weight excluding hydrogens is 180 g/mol. The largest absolute Gasteiger partial charge is 0.394 e. The zero-order chi connectivity index (χ0) is 10.3. The molecule has 0 aliphatic rings. The molecule has 2 aromatic rings. The molecule has 0 saturated heterocycles. The molecule has 0 saturated carbocycles. The van der Waals surface area contributed by atoms with E-state index in [0.717, 1.165) is 5.82 Å². The Kier molecular flexibility index (Phi) is 1.77. The van der Waals surface area contributed by atoms with Crippen LogP contribution in [0.5, 0.6) is 0 Å². The zero-order valence-corrected chi connectivity index (χ0v) is 8.39. The van der Waals surface area contributed by atoms with E-state index < -0.39 is 0 Å². The number of hydrogen-bond donors (Lipinski definition) is 1. The van der Waals surface area contributed by atoms with Crippen molar-refractivity contribution < 1.29 is 0 Å². The Morgan fingerprint density at radius 2 is 2.00 bits per heavy atom. The van der Waals surface area contributed by atoms with Crippen molar-refractivity contribution in [3.63, 3.8) is 0 Å². The zero-order valence-electron chi connectivity index (χ0n) is 8.39. The van der Waals surface area contributed by atoms with Crippen LogP contribution in [0.2, 0.25) is 0 Å². The van der Waals surface area contributed by atoms with E-state index in [9.17, 15) is 0 Å². The topological polar surface area (TPSA) is 74.5 Å². The number of aromatic nitrogens is 5. The van der Waals surface area contributed by atoms with Crippen molar-refractivity contribution in [2.45, 2.75) is 13.8 Å². The minimum Gasteiger partial charge on any atom is -0.394 e. The van der Waals surface area contributed by atoms with Crippen molar-refractivity contribution >= 4 is 5.69 Å². The molecule has 0 fully saturated rings. The normalized spacial score (nSPS) is 10.8. The van der Waals surface area contributed by atoms with Gasteiger partial charge in [0.05, 0.1) is 5.69 Å². The molecule has 0 unspecified atom stereocenters. The van der Waals surface area contributed by atoms with E-state index in [2.05, 4.69) is 15.2 Å². The summed E-state index contributed by atoms with van der Waals surface area (Å²) in [5, 5.41) is 8.41. The Morgan fingerprint density at radius 3 is 2.43 bits per heavy atom. The Labute approximate surface area is 81.4 Å². The second-order valence-electron chi connectivity index (χ2n) is 3.20. The summed E-state index contributed by atoms with van der Waals surface area (Å²) in [6.45, 7) is 3.71. The molecule has 6 nitrogen and oxygen atoms in total. The monoisotopic (exact) mass is 192 g/mol. The van der Waals surface area contributed by atoms with Crippen LogP contribution in [-0.2, 0) is 7.05 Å². The second-order valence-corrected chi connectivity index (χ2v) is 3.20. The fourth-order valence-electron chi connectivity index (χ4n) is 1.38. The van der Waals surface area contributed by atoms with Crippen molar-refractivity contribution in [3.8, 4) is 5.82 Å². The van der Waals surface area contributed by atoms with Crippen LogP contribution in [0.25, 0.3) is 5.82 Å². The Morgan fingerprint density at radius 1 is 1.29 bits per heavy atom. The van der Waals surface area contributed by atoms with Crippen LogP contribution in [0.4, 0.5) is 5.69 Å². The van der Waals surface area contributed by atoms with Gasteiger partial charge in [-0.2, -0.15) is 9.78 Å². The summed E-state index contributed by atoms with van der Waals surface area (Å²) in [5.74, 6) is 2.13. The van der Waals surface area contributed by atoms with E-state index in [-0.39, 0.29) is 0 Å². The fraction of sp³-hybridized carbons (Fsp3) is 0.375. The summed E-state index contributed by atoms with van der Waals surface area (Å²) in [5.41, 5.74) is 6.38. The third-order valence-corrected chi connectivity index (χ3v) is 1.91. The average molecular weight is 192 g/mol. The second kappa shape index (κ2) is 2.83. The number of hydrogen-bond acceptors (Lipinski definition) is 4. The molecular formula is C8H12N6. The van der Waals surface area contributed by atoms with Crippen LogP contribution in [0, 0.1) is 13.8 Å². The SMILES string of the molecule is Cc1nc(C)n(-c2nn(C)cc2N)n1. The molecule has 0 amide bonds. The van der Waals surface area contributed by atoms with Gasteiger partial charge in [-0.15, -0.1) is 5.10 Å². The van der Waals surface area contributed by atoms with E-state index in [1.165, 1.54) is 0 Å². The quantitative estimate of drug-likeness (QED) is 0.700. The molecule has 2 heterocycles.